The van der Waals surface area contributed by atoms with Crippen LogP contribution in [0.15, 0.2) is 89.1 Å². The van der Waals surface area contributed by atoms with Crippen LogP contribution in [-0.2, 0) is 11.2 Å². The van der Waals surface area contributed by atoms with Crippen molar-refractivity contribution < 1.29 is 9.90 Å². The zero-order valence-electron chi connectivity index (χ0n) is 17.5. The lowest BCUT2D eigenvalue weighted by Crippen LogP contribution is -2.27. The number of allylic oxidation sites excluding steroid dienone is 2. The van der Waals surface area contributed by atoms with Crippen molar-refractivity contribution in [3.05, 3.63) is 95.3 Å². The molecule has 3 aromatic rings. The highest BCUT2D eigenvalue weighted by molar-refractivity contribution is 6.24. The van der Waals surface area contributed by atoms with E-state index >= 15 is 0 Å². The van der Waals surface area contributed by atoms with Gasteiger partial charge in [0.1, 0.15) is 5.76 Å². The molecular weight excluding hydrogens is 370 g/mol. The van der Waals surface area contributed by atoms with Crippen LogP contribution < -0.4 is 0 Å². The number of aliphatic hydroxyl groups is 1. The second-order valence-corrected chi connectivity index (χ2v) is 8.25. The zero-order chi connectivity index (χ0) is 21.1. The molecule has 152 valence electrons. The summed E-state index contributed by atoms with van der Waals surface area (Å²) in [6, 6.07) is 24.4. The molecule has 0 saturated heterocycles. The second kappa shape index (κ2) is 8.66. The molecule has 3 heteroatoms. The zero-order valence-corrected chi connectivity index (χ0v) is 17.5. The van der Waals surface area contributed by atoms with Crippen LogP contribution in [0.4, 0.5) is 0 Å². The fourth-order valence-electron chi connectivity index (χ4n) is 4.33. The predicted molar refractivity (Wildman–Crippen MR) is 123 cm³/mol. The molecule has 0 spiro atoms. The monoisotopic (exact) mass is 397 g/mol. The van der Waals surface area contributed by atoms with Crippen LogP contribution in [0.1, 0.15) is 43.7 Å². The van der Waals surface area contributed by atoms with E-state index in [0.717, 1.165) is 27.6 Å². The maximum absolute atomic E-state index is 13.2. The topological polar surface area (TPSA) is 49.7 Å². The fourth-order valence-corrected chi connectivity index (χ4v) is 4.33. The quantitative estimate of drug-likeness (QED) is 0.421. The van der Waals surface area contributed by atoms with E-state index in [1.54, 1.807) is 0 Å². The van der Waals surface area contributed by atoms with Crippen molar-refractivity contribution in [3.8, 4) is 0 Å². The van der Waals surface area contributed by atoms with Gasteiger partial charge in [-0.25, -0.2) is 0 Å². The lowest BCUT2D eigenvalue weighted by molar-refractivity contribution is -0.115. The Morgan fingerprint density at radius 2 is 1.67 bits per heavy atom. The third-order valence-corrected chi connectivity index (χ3v) is 5.65. The summed E-state index contributed by atoms with van der Waals surface area (Å²) in [4.78, 5) is 17.9. The first-order valence-corrected chi connectivity index (χ1v) is 10.6. The number of rotatable bonds is 4. The number of nitrogens with zero attached hydrogens (tertiary/aromatic N) is 1. The average Bonchev–Trinajstić information content (AvgIpc) is 2.74. The van der Waals surface area contributed by atoms with Gasteiger partial charge in [0.05, 0.1) is 5.57 Å². The number of aliphatic imine (C=N–C) groups is 1. The molecule has 0 heterocycles. The highest BCUT2D eigenvalue weighted by atomic mass is 16.3. The second-order valence-electron chi connectivity index (χ2n) is 8.25. The van der Waals surface area contributed by atoms with Gasteiger partial charge in [0.15, 0.2) is 5.78 Å². The molecule has 1 aliphatic carbocycles. The van der Waals surface area contributed by atoms with Crippen molar-refractivity contribution in [2.24, 2.45) is 4.99 Å². The van der Waals surface area contributed by atoms with E-state index in [-0.39, 0.29) is 23.5 Å². The van der Waals surface area contributed by atoms with Crippen LogP contribution in [0.3, 0.4) is 0 Å². The van der Waals surface area contributed by atoms with Gasteiger partial charge in [0.25, 0.3) is 0 Å². The van der Waals surface area contributed by atoms with Crippen LogP contribution in [0.25, 0.3) is 10.8 Å². The van der Waals surface area contributed by atoms with E-state index in [2.05, 4.69) is 30.3 Å². The summed E-state index contributed by atoms with van der Waals surface area (Å²) in [5, 5.41) is 13.3. The van der Waals surface area contributed by atoms with Crippen molar-refractivity contribution in [2.45, 2.75) is 45.1 Å². The lowest BCUT2D eigenvalue weighted by atomic mass is 9.78. The van der Waals surface area contributed by atoms with E-state index in [4.69, 9.17) is 4.99 Å². The maximum atomic E-state index is 13.2. The Balaban J connectivity index is 1.71. The molecule has 1 aliphatic rings. The standard InChI is InChI=1S/C27H27NO2/c1-18(2)28-24-15-22(19-9-4-3-5-10-19)17-26(30)27(24)25(29)16-21-13-8-12-20-11-6-7-14-23(20)21/h3-14,18,22,29H,15-17H2,1-2H3. The molecule has 3 aromatic carbocycles. The summed E-state index contributed by atoms with van der Waals surface area (Å²) >= 11 is 0. The van der Waals surface area contributed by atoms with Crippen LogP contribution in [0.5, 0.6) is 0 Å². The van der Waals surface area contributed by atoms with Gasteiger partial charge in [0, 0.05) is 24.6 Å². The Kier molecular flexibility index (Phi) is 5.80. The molecule has 0 amide bonds. The normalized spacial score (nSPS) is 20.2. The summed E-state index contributed by atoms with van der Waals surface area (Å²) in [5.74, 6) is 0.208. The number of benzene rings is 3. The van der Waals surface area contributed by atoms with E-state index in [0.29, 0.717) is 24.8 Å². The highest BCUT2D eigenvalue weighted by Gasteiger charge is 2.32. The van der Waals surface area contributed by atoms with Crippen molar-refractivity contribution in [1.29, 1.82) is 0 Å². The molecule has 1 fully saturated rings. The number of Topliss-reactive ketones (excluding diaryl/α,β-unsaturated/α-hetero) is 1. The van der Waals surface area contributed by atoms with Gasteiger partial charge < -0.3 is 5.11 Å². The van der Waals surface area contributed by atoms with E-state index < -0.39 is 0 Å². The number of carbonyl (C=O) groups excluding carboxylic acids is 1. The SMILES string of the molecule is CC(C)N=C1CC(c2ccccc2)CC(=O)C1=C(O)Cc1cccc2ccccc12. The first-order valence-electron chi connectivity index (χ1n) is 10.6. The van der Waals surface area contributed by atoms with E-state index in [1.165, 1.54) is 0 Å². The van der Waals surface area contributed by atoms with Crippen LogP contribution in [0, 0.1) is 0 Å². The number of hydrogen-bond donors (Lipinski definition) is 1. The van der Waals surface area contributed by atoms with Gasteiger partial charge in [-0.05, 0) is 48.1 Å². The van der Waals surface area contributed by atoms with Crippen LogP contribution in [0.2, 0.25) is 0 Å². The molecular formula is C27H27NO2. The Morgan fingerprint density at radius 3 is 2.43 bits per heavy atom. The van der Waals surface area contributed by atoms with E-state index in [9.17, 15) is 9.90 Å². The predicted octanol–water partition coefficient (Wildman–Crippen LogP) is 6.19. The molecule has 1 atom stereocenters. The Hall–Kier alpha value is -3.20. The van der Waals surface area contributed by atoms with Gasteiger partial charge in [-0.1, -0.05) is 72.8 Å². The molecule has 0 aromatic heterocycles. The number of ketones is 1. The van der Waals surface area contributed by atoms with Crippen molar-refractivity contribution in [1.82, 2.24) is 0 Å². The van der Waals surface area contributed by atoms with Gasteiger partial charge >= 0.3 is 0 Å². The minimum absolute atomic E-state index is 0.0211. The summed E-state index contributed by atoms with van der Waals surface area (Å²) in [5.41, 5.74) is 3.31. The minimum atomic E-state index is -0.0211. The third-order valence-electron chi connectivity index (χ3n) is 5.65. The Bertz CT molecular complexity index is 1120. The molecule has 1 N–H and O–H groups in total. The smallest absolute Gasteiger partial charge is 0.168 e. The molecule has 1 unspecified atom stereocenters. The largest absolute Gasteiger partial charge is 0.511 e. The van der Waals surface area contributed by atoms with Gasteiger partial charge in [-0.15, -0.1) is 0 Å². The van der Waals surface area contributed by atoms with E-state index in [1.807, 2.05) is 56.3 Å². The third kappa shape index (κ3) is 4.20. The molecule has 3 nitrogen and oxygen atoms in total. The minimum Gasteiger partial charge on any atom is -0.511 e. The molecule has 0 radical (unpaired) electrons. The number of aliphatic hydroxyl groups excluding tert-OH is 1. The average molecular weight is 398 g/mol. The highest BCUT2D eigenvalue weighted by Crippen LogP contribution is 2.34. The summed E-state index contributed by atoms with van der Waals surface area (Å²) in [7, 11) is 0. The number of carbonyl (C=O) groups is 1. The van der Waals surface area contributed by atoms with Crippen molar-refractivity contribution >= 4 is 22.3 Å². The first kappa shape index (κ1) is 20.1. The van der Waals surface area contributed by atoms with Crippen LogP contribution >= 0.6 is 0 Å². The maximum Gasteiger partial charge on any atom is 0.168 e. The molecule has 30 heavy (non-hydrogen) atoms. The molecule has 4 rings (SSSR count). The summed E-state index contributed by atoms with van der Waals surface area (Å²) in [6.45, 7) is 4.01. The number of fused-ring (bicyclic) bond motifs is 1. The summed E-state index contributed by atoms with van der Waals surface area (Å²) < 4.78 is 0. The molecule has 0 aliphatic heterocycles. The Labute approximate surface area is 177 Å². The lowest BCUT2D eigenvalue weighted by Gasteiger charge is -2.26. The Morgan fingerprint density at radius 1 is 0.967 bits per heavy atom. The summed E-state index contributed by atoms with van der Waals surface area (Å²) in [6.07, 6.45) is 1.40. The molecule has 0 bridgehead atoms. The first-order chi connectivity index (χ1) is 14.5. The molecule has 1 saturated carbocycles. The van der Waals surface area contributed by atoms with Gasteiger partial charge in [0.2, 0.25) is 0 Å². The van der Waals surface area contributed by atoms with Gasteiger partial charge in [-0.2, -0.15) is 0 Å². The number of hydrogen-bond acceptors (Lipinski definition) is 3. The van der Waals surface area contributed by atoms with Crippen molar-refractivity contribution in [2.75, 3.05) is 0 Å². The van der Waals surface area contributed by atoms with Gasteiger partial charge in [-0.3, -0.25) is 9.79 Å². The van der Waals surface area contributed by atoms with Crippen LogP contribution in [-0.4, -0.2) is 22.6 Å². The van der Waals surface area contributed by atoms with Crippen molar-refractivity contribution in [3.63, 3.8) is 0 Å². The fraction of sp³-hybridized carbons (Fsp3) is 0.259.